The Morgan fingerprint density at radius 3 is 2.48 bits per heavy atom. The number of hydrogen-bond donors (Lipinski definition) is 0. The number of nitrogens with zero attached hydrogens (tertiary/aromatic N) is 1. The highest BCUT2D eigenvalue weighted by Gasteiger charge is 2.14. The first-order valence-electron chi connectivity index (χ1n) is 7.36. The summed E-state index contributed by atoms with van der Waals surface area (Å²) in [5.41, 5.74) is 1.07. The van der Waals surface area contributed by atoms with E-state index >= 15 is 0 Å². The van der Waals surface area contributed by atoms with Gasteiger partial charge in [0.1, 0.15) is 23.2 Å². The lowest BCUT2D eigenvalue weighted by molar-refractivity contribution is 0.104. The SMILES string of the molecule is N#C/C(=C\c1ccc(-c2cccc(Cl)c2Cl)o1)C(=O)c1ccccc1. The molecule has 25 heavy (non-hydrogen) atoms. The fourth-order valence-electron chi connectivity index (χ4n) is 2.31. The van der Waals surface area contributed by atoms with Gasteiger partial charge in [-0.3, -0.25) is 4.79 Å². The molecule has 3 nitrogen and oxygen atoms in total. The molecule has 3 aromatic rings. The highest BCUT2D eigenvalue weighted by atomic mass is 35.5. The van der Waals surface area contributed by atoms with Crippen LogP contribution < -0.4 is 0 Å². The van der Waals surface area contributed by atoms with Crippen LogP contribution in [0.25, 0.3) is 17.4 Å². The monoisotopic (exact) mass is 367 g/mol. The van der Waals surface area contributed by atoms with E-state index in [1.165, 1.54) is 6.08 Å². The molecule has 122 valence electrons. The molecule has 0 N–H and O–H groups in total. The summed E-state index contributed by atoms with van der Waals surface area (Å²) < 4.78 is 5.70. The van der Waals surface area contributed by atoms with Crippen LogP contribution in [0.5, 0.6) is 0 Å². The van der Waals surface area contributed by atoms with Gasteiger partial charge in [0.05, 0.1) is 10.0 Å². The third kappa shape index (κ3) is 3.66. The van der Waals surface area contributed by atoms with E-state index in [0.29, 0.717) is 32.7 Å². The molecular weight excluding hydrogens is 357 g/mol. The number of nitriles is 1. The number of furan rings is 1. The zero-order valence-electron chi connectivity index (χ0n) is 12.9. The summed E-state index contributed by atoms with van der Waals surface area (Å²) in [5, 5.41) is 10.1. The zero-order chi connectivity index (χ0) is 17.8. The second kappa shape index (κ2) is 7.40. The Balaban J connectivity index is 1.94. The number of allylic oxidation sites excluding steroid dienone is 1. The van der Waals surface area contributed by atoms with Crippen molar-refractivity contribution in [1.82, 2.24) is 0 Å². The molecule has 0 saturated carbocycles. The highest BCUT2D eigenvalue weighted by Crippen LogP contribution is 2.34. The van der Waals surface area contributed by atoms with Crippen LogP contribution in [-0.4, -0.2) is 5.78 Å². The summed E-state index contributed by atoms with van der Waals surface area (Å²) >= 11 is 12.2. The number of rotatable bonds is 4. The average Bonchev–Trinajstić information content (AvgIpc) is 3.10. The van der Waals surface area contributed by atoms with Gasteiger partial charge in [-0.25, -0.2) is 0 Å². The molecule has 0 saturated heterocycles. The molecule has 0 aliphatic rings. The van der Waals surface area contributed by atoms with Gasteiger partial charge in [-0.1, -0.05) is 59.6 Å². The van der Waals surface area contributed by atoms with E-state index in [2.05, 4.69) is 0 Å². The molecule has 0 aliphatic carbocycles. The van der Waals surface area contributed by atoms with Crippen LogP contribution >= 0.6 is 23.2 Å². The Hall–Kier alpha value is -2.80. The molecule has 5 heteroatoms. The van der Waals surface area contributed by atoms with Crippen molar-refractivity contribution in [3.05, 3.63) is 87.6 Å². The van der Waals surface area contributed by atoms with Crippen LogP contribution in [0.1, 0.15) is 16.1 Å². The van der Waals surface area contributed by atoms with Crippen molar-refractivity contribution in [2.45, 2.75) is 0 Å². The molecule has 3 rings (SSSR count). The predicted molar refractivity (Wildman–Crippen MR) is 98.5 cm³/mol. The van der Waals surface area contributed by atoms with Crippen molar-refractivity contribution in [1.29, 1.82) is 5.26 Å². The Bertz CT molecular complexity index is 998. The van der Waals surface area contributed by atoms with Crippen LogP contribution in [-0.2, 0) is 0 Å². The Kier molecular flexibility index (Phi) is 5.04. The number of Topliss-reactive ketones (excluding diaryl/α,β-unsaturated/α-hetero) is 1. The number of halogens is 2. The maximum Gasteiger partial charge on any atom is 0.203 e. The summed E-state index contributed by atoms with van der Waals surface area (Å²) in [7, 11) is 0. The standard InChI is InChI=1S/C20H11Cl2NO2/c21-17-8-4-7-16(19(17)22)18-10-9-15(25-18)11-14(12-23)20(24)13-5-2-1-3-6-13/h1-11H/b14-11+. The topological polar surface area (TPSA) is 54.0 Å². The lowest BCUT2D eigenvalue weighted by atomic mass is 10.0. The minimum Gasteiger partial charge on any atom is -0.457 e. The number of ketones is 1. The largest absolute Gasteiger partial charge is 0.457 e. The van der Waals surface area contributed by atoms with Crippen molar-refractivity contribution in [3.63, 3.8) is 0 Å². The van der Waals surface area contributed by atoms with E-state index in [1.807, 2.05) is 6.07 Å². The van der Waals surface area contributed by atoms with Gasteiger partial charge in [0.25, 0.3) is 0 Å². The molecule has 1 heterocycles. The second-order valence-corrected chi connectivity index (χ2v) is 5.95. The van der Waals surface area contributed by atoms with E-state index in [-0.39, 0.29) is 11.4 Å². The van der Waals surface area contributed by atoms with Gasteiger partial charge in [0.2, 0.25) is 5.78 Å². The van der Waals surface area contributed by atoms with Gasteiger partial charge in [-0.05, 0) is 24.3 Å². The molecule has 0 radical (unpaired) electrons. The van der Waals surface area contributed by atoms with Gasteiger partial charge < -0.3 is 4.42 Å². The van der Waals surface area contributed by atoms with Crippen LogP contribution in [0.4, 0.5) is 0 Å². The molecule has 0 bridgehead atoms. The zero-order valence-corrected chi connectivity index (χ0v) is 14.4. The number of benzene rings is 2. The van der Waals surface area contributed by atoms with Crippen LogP contribution in [0.2, 0.25) is 10.0 Å². The van der Waals surface area contributed by atoms with Crippen molar-refractivity contribution >= 4 is 35.1 Å². The summed E-state index contributed by atoms with van der Waals surface area (Å²) in [6.07, 6.45) is 1.41. The second-order valence-electron chi connectivity index (χ2n) is 5.17. The Morgan fingerprint density at radius 1 is 1.00 bits per heavy atom. The van der Waals surface area contributed by atoms with Gasteiger partial charge in [-0.2, -0.15) is 5.26 Å². The molecule has 0 amide bonds. The van der Waals surface area contributed by atoms with Gasteiger partial charge >= 0.3 is 0 Å². The van der Waals surface area contributed by atoms with E-state index in [1.54, 1.807) is 60.7 Å². The van der Waals surface area contributed by atoms with Crippen molar-refractivity contribution in [2.75, 3.05) is 0 Å². The average molecular weight is 368 g/mol. The highest BCUT2D eigenvalue weighted by molar-refractivity contribution is 6.43. The number of carbonyl (C=O) groups is 1. The van der Waals surface area contributed by atoms with Crippen LogP contribution in [0.15, 0.2) is 70.7 Å². The van der Waals surface area contributed by atoms with E-state index < -0.39 is 0 Å². The minimum atomic E-state index is -0.359. The van der Waals surface area contributed by atoms with E-state index in [9.17, 15) is 10.1 Å². The van der Waals surface area contributed by atoms with Crippen LogP contribution in [0, 0.1) is 11.3 Å². The van der Waals surface area contributed by atoms with Gasteiger partial charge in [0.15, 0.2) is 0 Å². The summed E-state index contributed by atoms with van der Waals surface area (Å²) in [6.45, 7) is 0. The maximum atomic E-state index is 12.4. The van der Waals surface area contributed by atoms with E-state index in [0.717, 1.165) is 0 Å². The third-order valence-corrected chi connectivity index (χ3v) is 4.35. The lowest BCUT2D eigenvalue weighted by Gasteiger charge is -2.02. The Morgan fingerprint density at radius 2 is 1.76 bits per heavy atom. The summed E-state index contributed by atoms with van der Waals surface area (Å²) in [4.78, 5) is 12.4. The van der Waals surface area contributed by atoms with Gasteiger partial charge in [0, 0.05) is 17.2 Å². The van der Waals surface area contributed by atoms with Crippen molar-refractivity contribution < 1.29 is 9.21 Å². The third-order valence-electron chi connectivity index (χ3n) is 3.53. The molecular formula is C20H11Cl2NO2. The van der Waals surface area contributed by atoms with Crippen molar-refractivity contribution in [2.24, 2.45) is 0 Å². The normalized spacial score (nSPS) is 11.2. The smallest absolute Gasteiger partial charge is 0.203 e. The fraction of sp³-hybridized carbons (Fsp3) is 0. The predicted octanol–water partition coefficient (Wildman–Crippen LogP) is 6.04. The van der Waals surface area contributed by atoms with Gasteiger partial charge in [-0.15, -0.1) is 0 Å². The first-order chi connectivity index (χ1) is 12.1. The molecule has 0 spiro atoms. The molecule has 0 unspecified atom stereocenters. The fourth-order valence-corrected chi connectivity index (χ4v) is 2.70. The molecule has 2 aromatic carbocycles. The summed E-state index contributed by atoms with van der Waals surface area (Å²) in [5.74, 6) is 0.525. The maximum absolute atomic E-state index is 12.4. The first kappa shape index (κ1) is 17.0. The number of hydrogen-bond acceptors (Lipinski definition) is 3. The summed E-state index contributed by atoms with van der Waals surface area (Å²) in [6, 6.07) is 19.1. The van der Waals surface area contributed by atoms with E-state index in [4.69, 9.17) is 27.6 Å². The van der Waals surface area contributed by atoms with Crippen LogP contribution in [0.3, 0.4) is 0 Å². The quantitative estimate of drug-likeness (QED) is 0.320. The first-order valence-corrected chi connectivity index (χ1v) is 8.11. The minimum absolute atomic E-state index is 0.00992. The lowest BCUT2D eigenvalue weighted by Crippen LogP contribution is -2.01. The molecule has 0 atom stereocenters. The number of carbonyl (C=O) groups excluding carboxylic acids is 1. The molecule has 0 fully saturated rings. The molecule has 1 aromatic heterocycles. The van der Waals surface area contributed by atoms with Crippen molar-refractivity contribution in [3.8, 4) is 17.4 Å². The Labute approximate surface area is 154 Å². The molecule has 0 aliphatic heterocycles.